The molecule has 0 aliphatic heterocycles. The van der Waals surface area contributed by atoms with Crippen molar-refractivity contribution in [1.82, 2.24) is 5.43 Å². The first-order valence-electron chi connectivity index (χ1n) is 7.44. The molecule has 0 heterocycles. The smallest absolute Gasteiger partial charge is 0.277 e. The highest BCUT2D eigenvalue weighted by Gasteiger charge is 2.03. The standard InChI is InChI=1S/C19H16N2O3/c22-18-8-4-3-7-16(18)12-20-21-19(23)13-24-17-10-9-14-5-1-2-6-15(14)11-17/h1-12,22H,13H2,(H,21,23). The van der Waals surface area contributed by atoms with Crippen LogP contribution in [0, 0.1) is 0 Å². The molecule has 0 radical (unpaired) electrons. The Morgan fingerprint density at radius 3 is 2.62 bits per heavy atom. The van der Waals surface area contributed by atoms with Crippen molar-refractivity contribution in [2.75, 3.05) is 6.61 Å². The zero-order valence-electron chi connectivity index (χ0n) is 12.8. The maximum Gasteiger partial charge on any atom is 0.277 e. The van der Waals surface area contributed by atoms with Crippen LogP contribution < -0.4 is 10.2 Å². The van der Waals surface area contributed by atoms with Gasteiger partial charge in [0.1, 0.15) is 11.5 Å². The Bertz CT molecular complexity index is 890. The minimum Gasteiger partial charge on any atom is -0.507 e. The summed E-state index contributed by atoms with van der Waals surface area (Å²) in [5, 5.41) is 15.5. The van der Waals surface area contributed by atoms with E-state index in [0.717, 1.165) is 10.8 Å². The van der Waals surface area contributed by atoms with Crippen LogP contribution in [0.4, 0.5) is 0 Å². The number of amides is 1. The van der Waals surface area contributed by atoms with Crippen LogP contribution in [0.25, 0.3) is 10.8 Å². The average molecular weight is 320 g/mol. The molecule has 24 heavy (non-hydrogen) atoms. The second kappa shape index (κ2) is 7.28. The molecule has 0 saturated carbocycles. The normalized spacial score (nSPS) is 10.8. The van der Waals surface area contributed by atoms with Gasteiger partial charge in [0, 0.05) is 5.56 Å². The number of hydrogen-bond acceptors (Lipinski definition) is 4. The van der Waals surface area contributed by atoms with Crippen molar-refractivity contribution in [3.05, 3.63) is 72.3 Å². The maximum absolute atomic E-state index is 11.7. The zero-order valence-corrected chi connectivity index (χ0v) is 12.8. The SMILES string of the molecule is O=C(COc1ccc2ccccc2c1)NN=Cc1ccccc1O. The third kappa shape index (κ3) is 3.89. The quantitative estimate of drug-likeness (QED) is 0.560. The number of ether oxygens (including phenoxy) is 1. The Labute approximate surface area is 139 Å². The molecule has 0 atom stereocenters. The number of phenols is 1. The molecule has 0 aromatic heterocycles. The summed E-state index contributed by atoms with van der Waals surface area (Å²) in [4.78, 5) is 11.7. The van der Waals surface area contributed by atoms with Crippen LogP contribution in [0.3, 0.4) is 0 Å². The van der Waals surface area contributed by atoms with Crippen LogP contribution in [0.5, 0.6) is 11.5 Å². The zero-order chi connectivity index (χ0) is 16.8. The second-order valence-electron chi connectivity index (χ2n) is 5.15. The highest BCUT2D eigenvalue weighted by molar-refractivity contribution is 5.86. The third-order valence-corrected chi connectivity index (χ3v) is 3.42. The number of para-hydroxylation sites is 1. The number of aromatic hydroxyl groups is 1. The van der Waals surface area contributed by atoms with Crippen molar-refractivity contribution in [3.63, 3.8) is 0 Å². The molecule has 3 aromatic rings. The van der Waals surface area contributed by atoms with E-state index in [0.29, 0.717) is 11.3 Å². The summed E-state index contributed by atoms with van der Waals surface area (Å²) in [6, 6.07) is 20.3. The molecule has 0 unspecified atom stereocenters. The van der Waals surface area contributed by atoms with Crippen molar-refractivity contribution in [2.45, 2.75) is 0 Å². The number of nitrogens with zero attached hydrogens (tertiary/aromatic N) is 1. The molecular weight excluding hydrogens is 304 g/mol. The topological polar surface area (TPSA) is 70.9 Å². The Balaban J connectivity index is 1.54. The van der Waals surface area contributed by atoms with E-state index in [1.807, 2.05) is 42.5 Å². The lowest BCUT2D eigenvalue weighted by atomic mass is 10.1. The van der Waals surface area contributed by atoms with Crippen LogP contribution in [0.2, 0.25) is 0 Å². The van der Waals surface area contributed by atoms with Gasteiger partial charge in [-0.15, -0.1) is 0 Å². The summed E-state index contributed by atoms with van der Waals surface area (Å²) in [6.45, 7) is -0.142. The van der Waals surface area contributed by atoms with Gasteiger partial charge in [-0.05, 0) is 35.0 Å². The Kier molecular flexibility index (Phi) is 4.72. The molecule has 0 aliphatic rings. The van der Waals surface area contributed by atoms with E-state index < -0.39 is 0 Å². The second-order valence-corrected chi connectivity index (χ2v) is 5.15. The number of benzene rings is 3. The summed E-state index contributed by atoms with van der Waals surface area (Å²) >= 11 is 0. The van der Waals surface area contributed by atoms with Gasteiger partial charge >= 0.3 is 0 Å². The Morgan fingerprint density at radius 1 is 1.04 bits per heavy atom. The van der Waals surface area contributed by atoms with Crippen molar-refractivity contribution in [1.29, 1.82) is 0 Å². The maximum atomic E-state index is 11.7. The fourth-order valence-corrected chi connectivity index (χ4v) is 2.21. The molecule has 2 N–H and O–H groups in total. The highest BCUT2D eigenvalue weighted by atomic mass is 16.5. The predicted octanol–water partition coefficient (Wildman–Crippen LogP) is 3.07. The van der Waals surface area contributed by atoms with E-state index in [9.17, 15) is 9.90 Å². The van der Waals surface area contributed by atoms with Crippen LogP contribution in [-0.4, -0.2) is 23.8 Å². The third-order valence-electron chi connectivity index (χ3n) is 3.42. The van der Waals surface area contributed by atoms with Crippen LogP contribution in [0.1, 0.15) is 5.56 Å². The van der Waals surface area contributed by atoms with Gasteiger partial charge in [-0.1, -0.05) is 42.5 Å². The number of nitrogens with one attached hydrogen (secondary N) is 1. The lowest BCUT2D eigenvalue weighted by molar-refractivity contribution is -0.123. The molecule has 0 saturated heterocycles. The first kappa shape index (κ1) is 15.6. The monoisotopic (exact) mass is 320 g/mol. The number of carbonyl (C=O) groups is 1. The highest BCUT2D eigenvalue weighted by Crippen LogP contribution is 2.20. The van der Waals surface area contributed by atoms with Gasteiger partial charge in [-0.2, -0.15) is 5.10 Å². The van der Waals surface area contributed by atoms with Gasteiger partial charge in [-0.25, -0.2) is 5.43 Å². The summed E-state index contributed by atoms with van der Waals surface area (Å²) < 4.78 is 5.47. The van der Waals surface area contributed by atoms with Gasteiger partial charge in [0.25, 0.3) is 5.91 Å². The van der Waals surface area contributed by atoms with Crippen molar-refractivity contribution >= 4 is 22.9 Å². The van der Waals surface area contributed by atoms with Gasteiger partial charge in [0.05, 0.1) is 6.21 Å². The summed E-state index contributed by atoms with van der Waals surface area (Å²) in [5.74, 6) is 0.339. The number of phenolic OH excluding ortho intramolecular Hbond substituents is 1. The molecule has 0 bridgehead atoms. The minimum absolute atomic E-state index is 0.0999. The summed E-state index contributed by atoms with van der Waals surface area (Å²) in [5.41, 5.74) is 2.88. The molecule has 120 valence electrons. The number of carbonyl (C=O) groups excluding carboxylic acids is 1. The largest absolute Gasteiger partial charge is 0.507 e. The van der Waals surface area contributed by atoms with Crippen molar-refractivity contribution in [2.24, 2.45) is 5.10 Å². The Hall–Kier alpha value is -3.34. The molecule has 5 heteroatoms. The van der Waals surface area contributed by atoms with Crippen molar-refractivity contribution in [3.8, 4) is 11.5 Å². The van der Waals surface area contributed by atoms with Crippen molar-refractivity contribution < 1.29 is 14.6 Å². The van der Waals surface area contributed by atoms with E-state index in [-0.39, 0.29) is 18.3 Å². The number of rotatable bonds is 5. The Morgan fingerprint density at radius 2 is 1.79 bits per heavy atom. The minimum atomic E-state index is -0.380. The van der Waals surface area contributed by atoms with Crippen LogP contribution in [-0.2, 0) is 4.79 Å². The fourth-order valence-electron chi connectivity index (χ4n) is 2.21. The van der Waals surface area contributed by atoms with Crippen LogP contribution >= 0.6 is 0 Å². The van der Waals surface area contributed by atoms with Gasteiger partial charge in [0.15, 0.2) is 6.61 Å². The van der Waals surface area contributed by atoms with E-state index in [4.69, 9.17) is 4.74 Å². The summed E-state index contributed by atoms with van der Waals surface area (Å²) in [7, 11) is 0. The number of hydrogen-bond donors (Lipinski definition) is 2. The first-order valence-corrected chi connectivity index (χ1v) is 7.44. The molecule has 0 aliphatic carbocycles. The lowest BCUT2D eigenvalue weighted by Crippen LogP contribution is -2.24. The molecular formula is C19H16N2O3. The molecule has 3 aromatic carbocycles. The number of hydrazone groups is 1. The lowest BCUT2D eigenvalue weighted by Gasteiger charge is -2.06. The average Bonchev–Trinajstić information content (AvgIpc) is 2.61. The van der Waals surface area contributed by atoms with Gasteiger partial charge < -0.3 is 9.84 Å². The fraction of sp³-hybridized carbons (Fsp3) is 0.0526. The van der Waals surface area contributed by atoms with E-state index in [1.165, 1.54) is 6.21 Å². The first-order chi connectivity index (χ1) is 11.7. The molecule has 5 nitrogen and oxygen atoms in total. The van der Waals surface area contributed by atoms with Crippen LogP contribution in [0.15, 0.2) is 71.8 Å². The van der Waals surface area contributed by atoms with E-state index in [1.54, 1.807) is 24.3 Å². The van der Waals surface area contributed by atoms with E-state index in [2.05, 4.69) is 10.5 Å². The molecule has 0 fully saturated rings. The van der Waals surface area contributed by atoms with E-state index >= 15 is 0 Å². The van der Waals surface area contributed by atoms with Gasteiger partial charge in [0.2, 0.25) is 0 Å². The van der Waals surface area contributed by atoms with Gasteiger partial charge in [-0.3, -0.25) is 4.79 Å². The molecule has 3 rings (SSSR count). The predicted molar refractivity (Wildman–Crippen MR) is 93.3 cm³/mol. The molecule has 1 amide bonds. The molecule has 0 spiro atoms. The number of fused-ring (bicyclic) bond motifs is 1. The summed E-state index contributed by atoms with van der Waals surface area (Å²) in [6.07, 6.45) is 1.38.